The lowest BCUT2D eigenvalue weighted by Gasteiger charge is -2.16. The molecule has 0 aliphatic carbocycles. The van der Waals surface area contributed by atoms with Gasteiger partial charge in [0.25, 0.3) is 0 Å². The number of anilines is 1. The van der Waals surface area contributed by atoms with Crippen LogP contribution in [0.15, 0.2) is 30.7 Å². The molecule has 15 heavy (non-hydrogen) atoms. The Bertz CT molecular complexity index is 514. The van der Waals surface area contributed by atoms with Crippen molar-refractivity contribution in [3.63, 3.8) is 0 Å². The lowest BCUT2D eigenvalue weighted by Crippen LogP contribution is -2.19. The molecule has 4 heteroatoms. The van der Waals surface area contributed by atoms with E-state index in [0.29, 0.717) is 0 Å². The average Bonchev–Trinajstić information content (AvgIpc) is 2.84. The summed E-state index contributed by atoms with van der Waals surface area (Å²) >= 11 is 0. The van der Waals surface area contributed by atoms with Gasteiger partial charge in [0.2, 0.25) is 0 Å². The number of nitrogens with one attached hydrogen (secondary N) is 1. The fourth-order valence-electron chi connectivity index (χ4n) is 2.01. The van der Waals surface area contributed by atoms with Crippen molar-refractivity contribution in [2.75, 3.05) is 18.0 Å². The summed E-state index contributed by atoms with van der Waals surface area (Å²) < 4.78 is 0. The molecular weight excluding hydrogens is 188 g/mol. The van der Waals surface area contributed by atoms with Gasteiger partial charge in [-0.2, -0.15) is 0 Å². The normalized spacial score (nSPS) is 16.5. The zero-order valence-corrected chi connectivity index (χ0v) is 8.40. The fraction of sp³-hybridized carbons (Fsp3) is 0.273. The van der Waals surface area contributed by atoms with Gasteiger partial charge >= 0.3 is 0 Å². The highest BCUT2D eigenvalue weighted by atomic mass is 15.2. The molecule has 3 heterocycles. The van der Waals surface area contributed by atoms with Crippen LogP contribution in [-0.2, 0) is 0 Å². The Morgan fingerprint density at radius 1 is 1.40 bits per heavy atom. The van der Waals surface area contributed by atoms with Gasteiger partial charge in [0.05, 0.1) is 5.39 Å². The van der Waals surface area contributed by atoms with Crippen LogP contribution in [0.25, 0.3) is 11.0 Å². The van der Waals surface area contributed by atoms with E-state index < -0.39 is 0 Å². The minimum Gasteiger partial charge on any atom is -0.352 e. The Hall–Kier alpha value is -1.84. The van der Waals surface area contributed by atoms with Gasteiger partial charge < -0.3 is 9.88 Å². The van der Waals surface area contributed by atoms with Gasteiger partial charge in [0, 0.05) is 19.3 Å². The number of aromatic amines is 1. The quantitative estimate of drug-likeness (QED) is 0.713. The number of rotatable bonds is 1. The molecular formula is C11H12N4. The fourth-order valence-corrected chi connectivity index (χ4v) is 2.01. The summed E-state index contributed by atoms with van der Waals surface area (Å²) in [5, 5.41) is 1.09. The van der Waals surface area contributed by atoms with Gasteiger partial charge in [-0.25, -0.2) is 9.97 Å². The Balaban J connectivity index is 2.10. The van der Waals surface area contributed by atoms with Crippen LogP contribution in [0.3, 0.4) is 0 Å². The van der Waals surface area contributed by atoms with Gasteiger partial charge in [-0.3, -0.25) is 0 Å². The van der Waals surface area contributed by atoms with Gasteiger partial charge in [-0.15, -0.1) is 0 Å². The molecule has 0 saturated carbocycles. The summed E-state index contributed by atoms with van der Waals surface area (Å²) in [7, 11) is 0. The summed E-state index contributed by atoms with van der Waals surface area (Å²) in [6.45, 7) is 5.93. The number of hydrogen-bond acceptors (Lipinski definition) is 3. The molecule has 1 aliphatic rings. The van der Waals surface area contributed by atoms with Crippen LogP contribution in [0.4, 0.5) is 5.82 Å². The SMILES string of the molecule is C=C1CCN(c2ncnc3[nH]ccc23)C1. The lowest BCUT2D eigenvalue weighted by atomic mass is 10.3. The molecule has 76 valence electrons. The van der Waals surface area contributed by atoms with Gasteiger partial charge in [-0.05, 0) is 12.5 Å². The van der Waals surface area contributed by atoms with E-state index in [-0.39, 0.29) is 0 Å². The van der Waals surface area contributed by atoms with Gasteiger partial charge in [0.15, 0.2) is 0 Å². The molecule has 3 rings (SSSR count). The maximum absolute atomic E-state index is 4.35. The van der Waals surface area contributed by atoms with E-state index in [0.717, 1.165) is 36.4 Å². The van der Waals surface area contributed by atoms with E-state index in [1.165, 1.54) is 5.57 Å². The van der Waals surface area contributed by atoms with Crippen LogP contribution < -0.4 is 4.90 Å². The summed E-state index contributed by atoms with van der Waals surface area (Å²) in [5.74, 6) is 1.01. The van der Waals surface area contributed by atoms with E-state index in [1.807, 2.05) is 12.3 Å². The summed E-state index contributed by atoms with van der Waals surface area (Å²) in [4.78, 5) is 13.9. The van der Waals surface area contributed by atoms with E-state index in [2.05, 4.69) is 26.4 Å². The molecule has 0 bridgehead atoms. The molecule has 0 atom stereocenters. The van der Waals surface area contributed by atoms with Crippen molar-refractivity contribution in [2.24, 2.45) is 0 Å². The predicted octanol–water partition coefficient (Wildman–Crippen LogP) is 1.72. The topological polar surface area (TPSA) is 44.8 Å². The standard InChI is InChI=1S/C11H12N4/c1-8-3-5-15(6-8)11-9-2-4-12-10(9)13-7-14-11/h2,4,7H,1,3,5-6H2,(H,12,13,14). The molecule has 0 unspecified atom stereocenters. The molecule has 1 N–H and O–H groups in total. The first kappa shape index (κ1) is 8.47. The number of hydrogen-bond donors (Lipinski definition) is 1. The molecule has 0 radical (unpaired) electrons. The second-order valence-electron chi connectivity index (χ2n) is 3.86. The van der Waals surface area contributed by atoms with Crippen molar-refractivity contribution in [3.05, 3.63) is 30.7 Å². The third-order valence-corrected chi connectivity index (χ3v) is 2.78. The minimum atomic E-state index is 0.900. The number of H-pyrrole nitrogens is 1. The first-order valence-electron chi connectivity index (χ1n) is 5.04. The maximum Gasteiger partial charge on any atom is 0.142 e. The smallest absolute Gasteiger partial charge is 0.142 e. The van der Waals surface area contributed by atoms with E-state index in [1.54, 1.807) is 6.33 Å². The van der Waals surface area contributed by atoms with Crippen LogP contribution in [-0.4, -0.2) is 28.0 Å². The Morgan fingerprint density at radius 3 is 3.13 bits per heavy atom. The monoisotopic (exact) mass is 200 g/mol. The van der Waals surface area contributed by atoms with Crippen molar-refractivity contribution >= 4 is 16.9 Å². The van der Waals surface area contributed by atoms with Crippen molar-refractivity contribution in [2.45, 2.75) is 6.42 Å². The molecule has 2 aromatic rings. The summed E-state index contributed by atoms with van der Waals surface area (Å²) in [6.07, 6.45) is 4.57. The third-order valence-electron chi connectivity index (χ3n) is 2.78. The zero-order valence-electron chi connectivity index (χ0n) is 8.40. The maximum atomic E-state index is 4.35. The molecule has 0 aromatic carbocycles. The highest BCUT2D eigenvalue weighted by Crippen LogP contribution is 2.26. The van der Waals surface area contributed by atoms with Crippen molar-refractivity contribution in [3.8, 4) is 0 Å². The molecule has 2 aromatic heterocycles. The second kappa shape index (κ2) is 3.08. The Labute approximate surface area is 87.7 Å². The van der Waals surface area contributed by atoms with Crippen molar-refractivity contribution in [1.82, 2.24) is 15.0 Å². The lowest BCUT2D eigenvalue weighted by molar-refractivity contribution is 0.940. The van der Waals surface area contributed by atoms with Crippen LogP contribution in [0.2, 0.25) is 0 Å². The van der Waals surface area contributed by atoms with Crippen molar-refractivity contribution < 1.29 is 0 Å². The predicted molar refractivity (Wildman–Crippen MR) is 59.9 cm³/mol. The van der Waals surface area contributed by atoms with Crippen LogP contribution in [0.5, 0.6) is 0 Å². The minimum absolute atomic E-state index is 0.900. The van der Waals surface area contributed by atoms with E-state index >= 15 is 0 Å². The molecule has 0 amide bonds. The first-order chi connectivity index (χ1) is 7.34. The highest BCUT2D eigenvalue weighted by molar-refractivity contribution is 5.87. The highest BCUT2D eigenvalue weighted by Gasteiger charge is 2.18. The zero-order chi connectivity index (χ0) is 10.3. The van der Waals surface area contributed by atoms with Crippen LogP contribution in [0, 0.1) is 0 Å². The largest absolute Gasteiger partial charge is 0.352 e. The van der Waals surface area contributed by atoms with E-state index in [9.17, 15) is 0 Å². The number of nitrogens with zero attached hydrogens (tertiary/aromatic N) is 3. The van der Waals surface area contributed by atoms with Crippen molar-refractivity contribution in [1.29, 1.82) is 0 Å². The van der Waals surface area contributed by atoms with Crippen LogP contribution >= 0.6 is 0 Å². The second-order valence-corrected chi connectivity index (χ2v) is 3.86. The first-order valence-corrected chi connectivity index (χ1v) is 5.04. The summed E-state index contributed by atoms with van der Waals surface area (Å²) in [6, 6.07) is 2.02. The molecule has 0 spiro atoms. The molecule has 1 fully saturated rings. The molecule has 1 saturated heterocycles. The van der Waals surface area contributed by atoms with E-state index in [4.69, 9.17) is 0 Å². The van der Waals surface area contributed by atoms with Gasteiger partial charge in [0.1, 0.15) is 17.8 Å². The average molecular weight is 200 g/mol. The third kappa shape index (κ3) is 1.29. The number of aromatic nitrogens is 3. The summed E-state index contributed by atoms with van der Waals surface area (Å²) in [5.41, 5.74) is 2.18. The van der Waals surface area contributed by atoms with Crippen LogP contribution in [0.1, 0.15) is 6.42 Å². The Kier molecular flexibility index (Phi) is 1.74. The van der Waals surface area contributed by atoms with Gasteiger partial charge in [-0.1, -0.05) is 12.2 Å². The number of fused-ring (bicyclic) bond motifs is 1. The molecule has 1 aliphatic heterocycles. The Morgan fingerprint density at radius 2 is 2.33 bits per heavy atom. The molecule has 4 nitrogen and oxygen atoms in total.